The van der Waals surface area contributed by atoms with Gasteiger partial charge in [0, 0.05) is 11.8 Å². The fraction of sp³-hybridized carbons (Fsp3) is 0.632. The Bertz CT molecular complexity index is 813. The SMILES string of the molecule is C=C1CC23CC1(O)CCC2C12C=CC(=O)C(C)(C(=O)O1)C2C3C(=O)O. The van der Waals surface area contributed by atoms with Gasteiger partial charge in [-0.2, -0.15) is 0 Å². The highest BCUT2D eigenvalue weighted by atomic mass is 16.6. The van der Waals surface area contributed by atoms with E-state index < -0.39 is 45.8 Å². The van der Waals surface area contributed by atoms with E-state index in [1.54, 1.807) is 6.08 Å². The van der Waals surface area contributed by atoms with Crippen LogP contribution in [0.15, 0.2) is 24.3 Å². The molecule has 1 heterocycles. The van der Waals surface area contributed by atoms with Crippen LogP contribution in [0.1, 0.15) is 32.6 Å². The molecule has 0 aromatic rings. The summed E-state index contributed by atoms with van der Waals surface area (Å²) in [5.41, 5.74) is -3.64. The summed E-state index contributed by atoms with van der Waals surface area (Å²) in [5, 5.41) is 21.0. The van der Waals surface area contributed by atoms with Crippen molar-refractivity contribution in [2.75, 3.05) is 0 Å². The minimum absolute atomic E-state index is 0.222. The molecule has 1 saturated heterocycles. The zero-order valence-corrected chi connectivity index (χ0v) is 13.9. The lowest BCUT2D eigenvalue weighted by molar-refractivity contribution is -0.161. The van der Waals surface area contributed by atoms with Gasteiger partial charge in [-0.15, -0.1) is 0 Å². The van der Waals surface area contributed by atoms with Crippen LogP contribution in [0.4, 0.5) is 0 Å². The van der Waals surface area contributed by atoms with Crippen LogP contribution in [0.25, 0.3) is 0 Å². The zero-order valence-electron chi connectivity index (χ0n) is 13.9. The topological polar surface area (TPSA) is 101 Å². The van der Waals surface area contributed by atoms with Crippen molar-refractivity contribution in [2.45, 2.75) is 43.8 Å². The van der Waals surface area contributed by atoms with Crippen LogP contribution < -0.4 is 0 Å². The number of aliphatic carboxylic acids is 1. The van der Waals surface area contributed by atoms with Gasteiger partial charge in [0.1, 0.15) is 11.0 Å². The van der Waals surface area contributed by atoms with Crippen LogP contribution in [0.5, 0.6) is 0 Å². The van der Waals surface area contributed by atoms with Crippen LogP contribution in [0.3, 0.4) is 0 Å². The standard InChI is InChI=1S/C19H20O6/c1-9-7-17-8-18(9,24)5-3-10(17)19-6-4-11(20)16(2,15(23)25-19)13(19)12(17)14(21)22/h4,6,10,12-13,24H,1,3,5,7-8H2,2H3,(H,21,22). The van der Waals surface area contributed by atoms with Crippen molar-refractivity contribution >= 4 is 17.7 Å². The number of carbonyl (C=O) groups is 3. The number of ketones is 1. The summed E-state index contributed by atoms with van der Waals surface area (Å²) in [6, 6.07) is 0. The summed E-state index contributed by atoms with van der Waals surface area (Å²) in [6.45, 7) is 5.53. The number of fused-ring (bicyclic) bond motifs is 1. The quantitative estimate of drug-likeness (QED) is 0.422. The van der Waals surface area contributed by atoms with Crippen LogP contribution >= 0.6 is 0 Å². The molecule has 3 saturated carbocycles. The molecule has 0 aromatic heterocycles. The second kappa shape index (κ2) is 3.90. The van der Waals surface area contributed by atoms with E-state index in [-0.39, 0.29) is 11.7 Å². The molecule has 5 aliphatic rings. The third-order valence-electron chi connectivity index (χ3n) is 7.93. The van der Waals surface area contributed by atoms with E-state index >= 15 is 0 Å². The third-order valence-corrected chi connectivity index (χ3v) is 7.93. The van der Waals surface area contributed by atoms with Gasteiger partial charge in [0.2, 0.25) is 0 Å². The first-order valence-corrected chi connectivity index (χ1v) is 8.72. The lowest BCUT2D eigenvalue weighted by Gasteiger charge is -2.44. The summed E-state index contributed by atoms with van der Waals surface area (Å²) < 4.78 is 5.81. The first-order valence-electron chi connectivity index (χ1n) is 8.72. The predicted octanol–water partition coefficient (Wildman–Crippen LogP) is 1.24. The van der Waals surface area contributed by atoms with Crippen molar-refractivity contribution < 1.29 is 29.3 Å². The first kappa shape index (κ1) is 15.3. The number of hydrogen-bond acceptors (Lipinski definition) is 5. The largest absolute Gasteiger partial charge is 0.481 e. The second-order valence-electron chi connectivity index (χ2n) is 8.75. The first-order chi connectivity index (χ1) is 11.6. The maximum atomic E-state index is 12.6. The molecule has 7 atom stereocenters. The lowest BCUT2D eigenvalue weighted by atomic mass is 9.61. The summed E-state index contributed by atoms with van der Waals surface area (Å²) in [7, 11) is 0. The molecule has 25 heavy (non-hydrogen) atoms. The number of hydrogen-bond donors (Lipinski definition) is 2. The van der Waals surface area contributed by atoms with E-state index in [0.29, 0.717) is 31.3 Å². The van der Waals surface area contributed by atoms with Gasteiger partial charge in [0.15, 0.2) is 5.78 Å². The molecule has 0 amide bonds. The van der Waals surface area contributed by atoms with Crippen molar-refractivity contribution in [1.29, 1.82) is 0 Å². The van der Waals surface area contributed by atoms with Crippen LogP contribution in [0, 0.1) is 28.6 Å². The van der Waals surface area contributed by atoms with Crippen molar-refractivity contribution in [3.63, 3.8) is 0 Å². The Labute approximate surface area is 144 Å². The van der Waals surface area contributed by atoms with Gasteiger partial charge in [-0.05, 0) is 55.7 Å². The molecule has 132 valence electrons. The van der Waals surface area contributed by atoms with Gasteiger partial charge in [0.05, 0.1) is 11.5 Å². The van der Waals surface area contributed by atoms with Crippen LogP contribution in [-0.2, 0) is 19.1 Å². The van der Waals surface area contributed by atoms with Crippen molar-refractivity contribution in [2.24, 2.45) is 28.6 Å². The summed E-state index contributed by atoms with van der Waals surface area (Å²) in [4.78, 5) is 37.6. The molecule has 4 fully saturated rings. The maximum Gasteiger partial charge on any atom is 0.321 e. The zero-order chi connectivity index (χ0) is 18.0. The number of esters is 1. The second-order valence-corrected chi connectivity index (χ2v) is 8.75. The average molecular weight is 344 g/mol. The Hall–Kier alpha value is -1.95. The molecule has 1 aliphatic heterocycles. The van der Waals surface area contributed by atoms with E-state index in [2.05, 4.69) is 6.58 Å². The molecular weight excluding hydrogens is 324 g/mol. The number of rotatable bonds is 1. The van der Waals surface area contributed by atoms with Crippen molar-refractivity contribution in [1.82, 2.24) is 0 Å². The summed E-state index contributed by atoms with van der Waals surface area (Å²) in [5.74, 6) is -3.91. The lowest BCUT2D eigenvalue weighted by Crippen LogP contribution is -2.48. The number of aliphatic hydroxyl groups is 1. The Morgan fingerprint density at radius 2 is 2.12 bits per heavy atom. The molecule has 1 spiro atoms. The molecule has 7 unspecified atom stereocenters. The number of carbonyl (C=O) groups excluding carboxylic acids is 2. The Balaban J connectivity index is 1.80. The molecule has 4 aliphatic carbocycles. The average Bonchev–Trinajstić information content (AvgIpc) is 2.95. The monoisotopic (exact) mass is 344 g/mol. The fourth-order valence-corrected chi connectivity index (χ4v) is 6.98. The van der Waals surface area contributed by atoms with Gasteiger partial charge >= 0.3 is 11.9 Å². The normalized spacial score (nSPS) is 55.1. The molecule has 0 radical (unpaired) electrons. The number of ether oxygens (including phenoxy) is 1. The summed E-state index contributed by atoms with van der Waals surface area (Å²) in [6.07, 6.45) is 4.78. The van der Waals surface area contributed by atoms with E-state index in [0.717, 1.165) is 0 Å². The van der Waals surface area contributed by atoms with E-state index in [4.69, 9.17) is 4.74 Å². The number of allylic oxidation sites excluding steroid dienone is 1. The van der Waals surface area contributed by atoms with E-state index in [9.17, 15) is 24.6 Å². The van der Waals surface area contributed by atoms with Crippen molar-refractivity contribution in [3.05, 3.63) is 24.3 Å². The Morgan fingerprint density at radius 3 is 2.80 bits per heavy atom. The van der Waals surface area contributed by atoms with Crippen LogP contribution in [-0.4, -0.2) is 39.1 Å². The minimum Gasteiger partial charge on any atom is -0.481 e. The van der Waals surface area contributed by atoms with Gasteiger partial charge in [-0.3, -0.25) is 14.4 Å². The highest BCUT2D eigenvalue weighted by molar-refractivity contribution is 6.13. The van der Waals surface area contributed by atoms with Crippen LogP contribution in [0.2, 0.25) is 0 Å². The van der Waals surface area contributed by atoms with E-state index in [1.165, 1.54) is 13.0 Å². The molecule has 0 aromatic carbocycles. The smallest absolute Gasteiger partial charge is 0.321 e. The van der Waals surface area contributed by atoms with Gasteiger partial charge in [0.25, 0.3) is 0 Å². The third kappa shape index (κ3) is 1.32. The van der Waals surface area contributed by atoms with E-state index in [1.807, 2.05) is 0 Å². The molecule has 2 N–H and O–H groups in total. The fourth-order valence-electron chi connectivity index (χ4n) is 6.98. The number of carboxylic acid groups (broad SMARTS) is 1. The molecular formula is C19H20O6. The molecule has 4 bridgehead atoms. The Kier molecular flexibility index (Phi) is 2.39. The maximum absolute atomic E-state index is 12.6. The highest BCUT2D eigenvalue weighted by Crippen LogP contribution is 2.77. The summed E-state index contributed by atoms with van der Waals surface area (Å²) >= 11 is 0. The van der Waals surface area contributed by atoms with Gasteiger partial charge in [-0.1, -0.05) is 6.58 Å². The Morgan fingerprint density at radius 1 is 1.40 bits per heavy atom. The highest BCUT2D eigenvalue weighted by Gasteiger charge is 2.83. The van der Waals surface area contributed by atoms with Crippen molar-refractivity contribution in [3.8, 4) is 0 Å². The molecule has 6 nitrogen and oxygen atoms in total. The molecule has 5 rings (SSSR count). The minimum atomic E-state index is -1.47. The van der Waals surface area contributed by atoms with Gasteiger partial charge < -0.3 is 14.9 Å². The predicted molar refractivity (Wildman–Crippen MR) is 84.2 cm³/mol. The van der Waals surface area contributed by atoms with Gasteiger partial charge in [-0.25, -0.2) is 0 Å². The molecule has 6 heteroatoms. The number of carboxylic acids is 1.